The summed E-state index contributed by atoms with van der Waals surface area (Å²) in [5.74, 6) is 0.827. The van der Waals surface area contributed by atoms with Crippen molar-refractivity contribution in [2.75, 3.05) is 0 Å². The second-order valence-corrected chi connectivity index (χ2v) is 5.66. The normalized spacial score (nSPS) is 10.9. The molecule has 4 rings (SSSR count). The van der Waals surface area contributed by atoms with Gasteiger partial charge in [0.25, 0.3) is 5.69 Å². The Morgan fingerprint density at radius 3 is 2.60 bits per heavy atom. The van der Waals surface area contributed by atoms with Gasteiger partial charge in [-0.25, -0.2) is 4.98 Å². The summed E-state index contributed by atoms with van der Waals surface area (Å²) in [6.07, 6.45) is 4.10. The molecule has 0 unspecified atom stereocenters. The molecule has 4 aromatic rings. The van der Waals surface area contributed by atoms with E-state index in [0.29, 0.717) is 6.42 Å². The summed E-state index contributed by atoms with van der Waals surface area (Å²) >= 11 is 0. The first-order valence-corrected chi connectivity index (χ1v) is 7.82. The number of hydrogen-bond donors (Lipinski definition) is 0. The summed E-state index contributed by atoms with van der Waals surface area (Å²) in [6.45, 7) is 0. The summed E-state index contributed by atoms with van der Waals surface area (Å²) in [5.41, 5.74) is 3.65. The number of para-hydroxylation sites is 2. The zero-order chi connectivity index (χ0) is 17.2. The lowest BCUT2D eigenvalue weighted by Gasteiger charge is -2.09. The first-order chi connectivity index (χ1) is 12.2. The van der Waals surface area contributed by atoms with Gasteiger partial charge in [0.05, 0.1) is 21.6 Å². The Kier molecular flexibility index (Phi) is 3.70. The van der Waals surface area contributed by atoms with Gasteiger partial charge >= 0.3 is 0 Å². The Balaban J connectivity index is 1.90. The van der Waals surface area contributed by atoms with Crippen LogP contribution in [0.2, 0.25) is 0 Å². The maximum absolute atomic E-state index is 11.1. The third-order valence-corrected chi connectivity index (χ3v) is 4.04. The fourth-order valence-electron chi connectivity index (χ4n) is 2.91. The molecule has 2 heterocycles. The topological polar surface area (TPSA) is 73.8 Å². The van der Waals surface area contributed by atoms with E-state index in [-0.39, 0.29) is 10.6 Å². The molecule has 0 radical (unpaired) electrons. The van der Waals surface area contributed by atoms with Gasteiger partial charge in [-0.15, -0.1) is 0 Å². The van der Waals surface area contributed by atoms with Gasteiger partial charge in [-0.2, -0.15) is 0 Å². The van der Waals surface area contributed by atoms with E-state index in [4.69, 9.17) is 4.98 Å². The lowest BCUT2D eigenvalue weighted by molar-refractivity contribution is -0.384. The lowest BCUT2D eigenvalue weighted by Crippen LogP contribution is -2.03. The second kappa shape index (κ2) is 6.16. The summed E-state index contributed by atoms with van der Waals surface area (Å²) in [6, 6.07) is 18.3. The van der Waals surface area contributed by atoms with Crippen LogP contribution in [0.25, 0.3) is 16.7 Å². The minimum atomic E-state index is -0.384. The maximum Gasteiger partial charge on any atom is 0.271 e. The highest BCUT2D eigenvalue weighted by molar-refractivity contribution is 5.78. The number of hydrogen-bond acceptors (Lipinski definition) is 4. The van der Waals surface area contributed by atoms with Crippen molar-refractivity contribution in [3.05, 3.63) is 94.6 Å². The molecule has 0 fully saturated rings. The van der Waals surface area contributed by atoms with E-state index >= 15 is 0 Å². The van der Waals surface area contributed by atoms with E-state index in [1.807, 2.05) is 47.0 Å². The first-order valence-electron chi connectivity index (χ1n) is 7.82. The Bertz CT molecular complexity index is 1060. The summed E-state index contributed by atoms with van der Waals surface area (Å²) in [7, 11) is 0. The van der Waals surface area contributed by atoms with Crippen LogP contribution in [0.4, 0.5) is 5.69 Å². The predicted molar refractivity (Wildman–Crippen MR) is 94.8 cm³/mol. The minimum Gasteiger partial charge on any atom is -0.296 e. The number of non-ortho nitro benzene ring substituents is 1. The van der Waals surface area contributed by atoms with Gasteiger partial charge in [0.15, 0.2) is 0 Å². The molecule has 0 N–H and O–H groups in total. The average Bonchev–Trinajstić information content (AvgIpc) is 3.00. The molecule has 0 aliphatic carbocycles. The van der Waals surface area contributed by atoms with Crippen molar-refractivity contribution in [1.29, 1.82) is 0 Å². The molecule has 0 aliphatic rings. The van der Waals surface area contributed by atoms with E-state index in [1.165, 1.54) is 6.07 Å². The van der Waals surface area contributed by atoms with E-state index in [0.717, 1.165) is 28.1 Å². The Morgan fingerprint density at radius 2 is 1.80 bits per heavy atom. The van der Waals surface area contributed by atoms with Gasteiger partial charge in [0.2, 0.25) is 0 Å². The van der Waals surface area contributed by atoms with E-state index in [9.17, 15) is 10.1 Å². The van der Waals surface area contributed by atoms with Gasteiger partial charge in [-0.1, -0.05) is 18.2 Å². The Morgan fingerprint density at radius 1 is 1.00 bits per heavy atom. The molecule has 0 aliphatic heterocycles. The largest absolute Gasteiger partial charge is 0.296 e. The standard InChI is InChI=1S/C19H14N4O2/c24-23(25)16-5-3-4-15(13-16)22-18-7-2-1-6-17(18)21-19(22)12-14-8-10-20-11-9-14/h1-11,13H,12H2. The second-order valence-electron chi connectivity index (χ2n) is 5.66. The highest BCUT2D eigenvalue weighted by atomic mass is 16.6. The zero-order valence-corrected chi connectivity index (χ0v) is 13.2. The highest BCUT2D eigenvalue weighted by Gasteiger charge is 2.15. The third-order valence-electron chi connectivity index (χ3n) is 4.04. The molecule has 6 nitrogen and oxygen atoms in total. The smallest absolute Gasteiger partial charge is 0.271 e. The Hall–Kier alpha value is -3.54. The average molecular weight is 330 g/mol. The zero-order valence-electron chi connectivity index (χ0n) is 13.2. The van der Waals surface area contributed by atoms with Crippen molar-refractivity contribution < 1.29 is 4.92 Å². The maximum atomic E-state index is 11.1. The summed E-state index contributed by atoms with van der Waals surface area (Å²) < 4.78 is 1.97. The molecule has 0 atom stereocenters. The number of fused-ring (bicyclic) bond motifs is 1. The number of benzene rings is 2. The molecule has 0 spiro atoms. The van der Waals surface area contributed by atoms with Crippen LogP contribution in [0, 0.1) is 10.1 Å². The number of nitrogens with zero attached hydrogens (tertiary/aromatic N) is 4. The molecule has 0 amide bonds. The van der Waals surface area contributed by atoms with E-state index in [1.54, 1.807) is 24.5 Å². The minimum absolute atomic E-state index is 0.0603. The number of nitro groups is 1. The molecule has 6 heteroatoms. The third kappa shape index (κ3) is 2.85. The van der Waals surface area contributed by atoms with Crippen LogP contribution in [0.3, 0.4) is 0 Å². The van der Waals surface area contributed by atoms with Crippen molar-refractivity contribution in [2.24, 2.45) is 0 Å². The lowest BCUT2D eigenvalue weighted by atomic mass is 10.2. The van der Waals surface area contributed by atoms with Crippen LogP contribution in [0.5, 0.6) is 0 Å². The van der Waals surface area contributed by atoms with Crippen molar-refractivity contribution in [2.45, 2.75) is 6.42 Å². The molecule has 25 heavy (non-hydrogen) atoms. The van der Waals surface area contributed by atoms with Crippen molar-refractivity contribution in [1.82, 2.24) is 14.5 Å². The monoisotopic (exact) mass is 330 g/mol. The number of nitro benzene ring substituents is 1. The van der Waals surface area contributed by atoms with E-state index < -0.39 is 0 Å². The molecular weight excluding hydrogens is 316 g/mol. The van der Waals surface area contributed by atoms with Gasteiger partial charge < -0.3 is 0 Å². The molecule has 122 valence electrons. The van der Waals surface area contributed by atoms with Gasteiger partial charge in [-0.05, 0) is 35.9 Å². The number of rotatable bonds is 4. The van der Waals surface area contributed by atoms with E-state index in [2.05, 4.69) is 4.98 Å². The molecule has 2 aromatic carbocycles. The molecule has 0 saturated carbocycles. The number of aromatic nitrogens is 3. The van der Waals surface area contributed by atoms with Crippen LogP contribution < -0.4 is 0 Å². The van der Waals surface area contributed by atoms with Gasteiger partial charge in [0.1, 0.15) is 5.82 Å². The molecule has 0 bridgehead atoms. The van der Waals surface area contributed by atoms with Crippen LogP contribution >= 0.6 is 0 Å². The highest BCUT2D eigenvalue weighted by Crippen LogP contribution is 2.25. The summed E-state index contributed by atoms with van der Waals surface area (Å²) in [5, 5.41) is 11.1. The first kappa shape index (κ1) is 15.0. The fourth-order valence-corrected chi connectivity index (χ4v) is 2.91. The summed E-state index contributed by atoms with van der Waals surface area (Å²) in [4.78, 5) is 19.5. The predicted octanol–water partition coefficient (Wildman–Crippen LogP) is 3.92. The van der Waals surface area contributed by atoms with Crippen molar-refractivity contribution in [3.63, 3.8) is 0 Å². The van der Waals surface area contributed by atoms with Gasteiger partial charge in [0, 0.05) is 30.9 Å². The number of pyridine rings is 1. The quantitative estimate of drug-likeness (QED) is 0.420. The number of imidazole rings is 1. The molecular formula is C19H14N4O2. The van der Waals surface area contributed by atoms with Crippen molar-refractivity contribution >= 4 is 16.7 Å². The SMILES string of the molecule is O=[N+]([O-])c1cccc(-n2c(Cc3ccncc3)nc3ccccc32)c1. The van der Waals surface area contributed by atoms with Gasteiger partial charge in [-0.3, -0.25) is 19.7 Å². The van der Waals surface area contributed by atoms with Crippen molar-refractivity contribution in [3.8, 4) is 5.69 Å². The molecule has 2 aromatic heterocycles. The van der Waals surface area contributed by atoms with Crippen LogP contribution in [0.15, 0.2) is 73.1 Å². The fraction of sp³-hybridized carbons (Fsp3) is 0.0526. The van der Waals surface area contributed by atoms with Crippen LogP contribution in [-0.4, -0.2) is 19.5 Å². The molecule has 0 saturated heterocycles. The Labute approximate surface area is 143 Å². The van der Waals surface area contributed by atoms with Crippen LogP contribution in [-0.2, 0) is 6.42 Å². The van der Waals surface area contributed by atoms with Crippen LogP contribution in [0.1, 0.15) is 11.4 Å².